The van der Waals surface area contributed by atoms with Gasteiger partial charge in [-0.2, -0.15) is 0 Å². The van der Waals surface area contributed by atoms with E-state index in [1.807, 2.05) is 0 Å². The molecule has 5 aliphatic rings. The lowest BCUT2D eigenvalue weighted by Gasteiger charge is -2.14. The fourth-order valence-corrected chi connectivity index (χ4v) is 8.67. The Kier molecular flexibility index (Phi) is 10.7. The number of hydrogen-bond acceptors (Lipinski definition) is 7. The number of rotatable bonds is 7. The first kappa shape index (κ1) is 39.0. The lowest BCUT2D eigenvalue weighted by molar-refractivity contribution is -0.146. The molecule has 5 aliphatic carbocycles. The number of benzene rings is 3. The van der Waals surface area contributed by atoms with Gasteiger partial charge in [0, 0.05) is 45.7 Å². The number of ether oxygens (including phenoxy) is 5. The molecule has 2 fully saturated rings. The highest BCUT2D eigenvalue weighted by molar-refractivity contribution is 5.81. The number of carbonyl (C=O) groups excluding carboxylic acids is 2. The lowest BCUT2D eigenvalue weighted by Crippen LogP contribution is -2.16. The maximum atomic E-state index is 14.5. The van der Waals surface area contributed by atoms with Gasteiger partial charge in [-0.3, -0.25) is 9.59 Å². The summed E-state index contributed by atoms with van der Waals surface area (Å²) in [4.78, 5) is 23.7. The van der Waals surface area contributed by atoms with E-state index in [1.54, 1.807) is 13.8 Å². The zero-order valence-corrected chi connectivity index (χ0v) is 30.8. The Morgan fingerprint density at radius 3 is 1.41 bits per heavy atom. The van der Waals surface area contributed by atoms with E-state index in [9.17, 15) is 35.9 Å². The molecule has 0 heterocycles. The summed E-state index contributed by atoms with van der Waals surface area (Å²) in [6, 6.07) is 3.25. The third-order valence-electron chi connectivity index (χ3n) is 11.5. The molecule has 54 heavy (non-hydrogen) atoms. The van der Waals surface area contributed by atoms with Crippen molar-refractivity contribution in [3.05, 3.63) is 93.1 Å². The summed E-state index contributed by atoms with van der Waals surface area (Å²) < 4.78 is 109. The molecule has 7 nitrogen and oxygen atoms in total. The molecule has 3 aromatic rings. The molecule has 0 N–H and O–H groups in total. The van der Waals surface area contributed by atoms with Crippen LogP contribution in [0.5, 0.6) is 17.2 Å². The topological polar surface area (TPSA) is 80.3 Å². The summed E-state index contributed by atoms with van der Waals surface area (Å²) in [6.45, 7) is 7.78. The number of fused-ring (bicyclic) bond motifs is 5. The molecule has 0 amide bonds. The van der Waals surface area contributed by atoms with Crippen molar-refractivity contribution in [1.82, 2.24) is 0 Å². The maximum Gasteiger partial charge on any atom is 0.309 e. The van der Waals surface area contributed by atoms with Crippen LogP contribution in [0, 0.1) is 46.7 Å². The first-order valence-electron chi connectivity index (χ1n) is 17.9. The molecular weight excluding hydrogens is 718 g/mol. The van der Waals surface area contributed by atoms with Gasteiger partial charge in [-0.05, 0) is 87.5 Å². The predicted molar refractivity (Wildman–Crippen MR) is 186 cm³/mol. The van der Waals surface area contributed by atoms with Gasteiger partial charge in [0.1, 0.15) is 17.5 Å². The van der Waals surface area contributed by atoms with Crippen LogP contribution in [0.15, 0.2) is 24.8 Å². The maximum absolute atomic E-state index is 14.5. The fourth-order valence-electron chi connectivity index (χ4n) is 8.67. The van der Waals surface area contributed by atoms with E-state index in [0.29, 0.717) is 104 Å². The summed E-state index contributed by atoms with van der Waals surface area (Å²) in [6.07, 6.45) is 4.30. The number of methoxy groups -OCH3 is 3. The van der Waals surface area contributed by atoms with E-state index in [2.05, 4.69) is 6.58 Å². The third kappa shape index (κ3) is 6.36. The second-order valence-corrected chi connectivity index (χ2v) is 14.1. The minimum Gasteiger partial charge on any atom is -0.494 e. The molecule has 290 valence electrons. The van der Waals surface area contributed by atoms with Crippen molar-refractivity contribution in [2.24, 2.45) is 11.8 Å². The molecule has 2 spiro atoms. The number of halogens is 6. The van der Waals surface area contributed by atoms with Crippen LogP contribution >= 0.6 is 0 Å². The molecule has 0 aliphatic heterocycles. The van der Waals surface area contributed by atoms with Crippen LogP contribution in [-0.4, -0.2) is 46.5 Å². The fraction of sp³-hybridized carbons (Fsp3) is 0.463. The Bertz CT molecular complexity index is 1930. The third-order valence-corrected chi connectivity index (χ3v) is 11.5. The monoisotopic (exact) mass is 760 g/mol. The van der Waals surface area contributed by atoms with Crippen molar-refractivity contribution in [3.63, 3.8) is 0 Å². The zero-order chi connectivity index (χ0) is 39.3. The Morgan fingerprint density at radius 1 is 0.630 bits per heavy atom. The van der Waals surface area contributed by atoms with Crippen molar-refractivity contribution in [1.29, 1.82) is 0 Å². The van der Waals surface area contributed by atoms with Crippen molar-refractivity contribution in [2.45, 2.75) is 76.0 Å². The van der Waals surface area contributed by atoms with Crippen molar-refractivity contribution < 1.29 is 59.6 Å². The molecule has 2 saturated carbocycles. The summed E-state index contributed by atoms with van der Waals surface area (Å²) in [7, 11) is 3.94. The molecule has 13 heteroatoms. The molecule has 0 bridgehead atoms. The van der Waals surface area contributed by atoms with Crippen molar-refractivity contribution in [3.8, 4) is 17.2 Å². The molecule has 4 unspecified atom stereocenters. The van der Waals surface area contributed by atoms with Gasteiger partial charge in [0.25, 0.3) is 0 Å². The lowest BCUT2D eigenvalue weighted by atomic mass is 9.94. The first-order chi connectivity index (χ1) is 25.7. The van der Waals surface area contributed by atoms with E-state index in [0.717, 1.165) is 18.2 Å². The van der Waals surface area contributed by atoms with Gasteiger partial charge in [0.15, 0.2) is 34.7 Å². The average Bonchev–Trinajstić information content (AvgIpc) is 3.87. The standard InChI is InChI=1S/2C15H16F2O3.C11H10F2O/c2*1-3-20-14(18)9-7-15(9)5-4-8-10(16)6-11(19-2)13(17)12(8)15;1-6-3-4-7-8(12)5-9(14-2)11(13)10(6)7/h2*6,9H,3-5,7H2,1-2H3;5H,1,3-4H2,2H3. The van der Waals surface area contributed by atoms with Crippen LogP contribution in [0.25, 0.3) is 5.57 Å². The molecule has 3 aromatic carbocycles. The molecule has 0 aromatic heterocycles. The number of carbonyl (C=O) groups is 2. The first-order valence-corrected chi connectivity index (χ1v) is 17.9. The highest BCUT2D eigenvalue weighted by Crippen LogP contribution is 2.64. The van der Waals surface area contributed by atoms with Gasteiger partial charge >= 0.3 is 11.9 Å². The van der Waals surface area contributed by atoms with Crippen LogP contribution in [0.3, 0.4) is 0 Å². The number of allylic oxidation sites excluding steroid dienone is 1. The van der Waals surface area contributed by atoms with E-state index >= 15 is 0 Å². The second-order valence-electron chi connectivity index (χ2n) is 14.1. The molecule has 0 radical (unpaired) electrons. The average molecular weight is 761 g/mol. The molecule has 0 saturated heterocycles. The largest absolute Gasteiger partial charge is 0.494 e. The minimum absolute atomic E-state index is 0.0516. The SMILES string of the molecule is C=C1CCc2c(F)cc(OC)c(F)c21.CCOC(=O)C1CC12CCc1c(F)cc(OC)c(F)c12.CCOC(=O)C1CC12CCc1c(F)cc(OC)c(F)c12. The van der Waals surface area contributed by atoms with E-state index in [-0.39, 0.29) is 41.0 Å². The smallest absolute Gasteiger partial charge is 0.309 e. The number of hydrogen-bond donors (Lipinski definition) is 0. The highest BCUT2D eigenvalue weighted by atomic mass is 19.1. The molecule has 8 rings (SSSR count). The molecular formula is C41H42F6O7. The van der Waals surface area contributed by atoms with Gasteiger partial charge < -0.3 is 23.7 Å². The van der Waals surface area contributed by atoms with Crippen LogP contribution < -0.4 is 14.2 Å². The van der Waals surface area contributed by atoms with Crippen molar-refractivity contribution in [2.75, 3.05) is 34.5 Å². The van der Waals surface area contributed by atoms with Crippen LogP contribution in [0.1, 0.15) is 79.3 Å². The van der Waals surface area contributed by atoms with Crippen LogP contribution in [-0.2, 0) is 49.2 Å². The highest BCUT2D eigenvalue weighted by Gasteiger charge is 2.65. The molecule has 4 atom stereocenters. The second kappa shape index (κ2) is 14.9. The summed E-state index contributed by atoms with van der Waals surface area (Å²) in [5.74, 6) is -4.47. The quantitative estimate of drug-likeness (QED) is 0.177. The van der Waals surface area contributed by atoms with Gasteiger partial charge in [-0.1, -0.05) is 6.58 Å². The van der Waals surface area contributed by atoms with Crippen LogP contribution in [0.2, 0.25) is 0 Å². The zero-order valence-electron chi connectivity index (χ0n) is 30.8. The van der Waals surface area contributed by atoms with Gasteiger partial charge in [-0.25, -0.2) is 26.3 Å². The van der Waals surface area contributed by atoms with Gasteiger partial charge in [-0.15, -0.1) is 0 Å². The van der Waals surface area contributed by atoms with E-state index < -0.39 is 45.7 Å². The van der Waals surface area contributed by atoms with Gasteiger partial charge in [0.05, 0.1) is 46.4 Å². The summed E-state index contributed by atoms with van der Waals surface area (Å²) in [5.41, 5.74) is 1.64. The number of esters is 2. The summed E-state index contributed by atoms with van der Waals surface area (Å²) in [5, 5.41) is 0. The summed E-state index contributed by atoms with van der Waals surface area (Å²) >= 11 is 0. The normalized spacial score (nSPS) is 23.4. The minimum atomic E-state index is -0.582. The Morgan fingerprint density at radius 2 is 1.02 bits per heavy atom. The van der Waals surface area contributed by atoms with E-state index in [1.165, 1.54) is 21.3 Å². The van der Waals surface area contributed by atoms with Crippen LogP contribution in [0.4, 0.5) is 26.3 Å². The van der Waals surface area contributed by atoms with E-state index in [4.69, 9.17) is 23.7 Å². The predicted octanol–water partition coefficient (Wildman–Crippen LogP) is 8.41. The van der Waals surface area contributed by atoms with Gasteiger partial charge in [0.2, 0.25) is 0 Å². The Labute approximate surface area is 309 Å². The Balaban J connectivity index is 0.000000141. The Hall–Kier alpha value is -4.68. The van der Waals surface area contributed by atoms with Crippen molar-refractivity contribution >= 4 is 17.5 Å².